The zero-order valence-electron chi connectivity index (χ0n) is 13.3. The van der Waals surface area contributed by atoms with Crippen molar-refractivity contribution in [1.82, 2.24) is 4.90 Å². The van der Waals surface area contributed by atoms with Gasteiger partial charge in [0.25, 0.3) is 0 Å². The largest absolute Gasteiger partial charge is 0.323 e. The predicted octanol–water partition coefficient (Wildman–Crippen LogP) is 4.33. The topological polar surface area (TPSA) is 32.3 Å². The van der Waals surface area contributed by atoms with Crippen LogP contribution in [0.2, 0.25) is 5.02 Å². The minimum absolute atomic E-state index is 0.127. The summed E-state index contributed by atoms with van der Waals surface area (Å²) in [4.78, 5) is 14.7. The lowest BCUT2D eigenvalue weighted by Gasteiger charge is -2.32. The molecule has 1 aliphatic rings. The molecule has 3 rings (SSSR count). The average molecular weight is 347 g/mol. The van der Waals surface area contributed by atoms with Gasteiger partial charge in [-0.1, -0.05) is 41.9 Å². The zero-order valence-corrected chi connectivity index (χ0v) is 14.1. The Bertz CT molecular complexity index is 708. The van der Waals surface area contributed by atoms with Gasteiger partial charge in [0.1, 0.15) is 5.82 Å². The number of nitrogens with one attached hydrogen (secondary N) is 1. The highest BCUT2D eigenvalue weighted by Gasteiger charge is 2.26. The summed E-state index contributed by atoms with van der Waals surface area (Å²) in [6.07, 6.45) is 1.79. The lowest BCUT2D eigenvalue weighted by Crippen LogP contribution is -2.40. The standard InChI is InChI=1S/C19H20ClFN2O/c20-16-8-9-18(17(21)11-16)22-19(24)15-7-4-10-23(13-15)12-14-5-2-1-3-6-14/h1-3,5-6,8-9,11,15H,4,7,10,12-13H2,(H,22,24). The summed E-state index contributed by atoms with van der Waals surface area (Å²) in [5.74, 6) is -0.765. The van der Waals surface area contributed by atoms with Crippen LogP contribution in [-0.2, 0) is 11.3 Å². The second-order valence-corrected chi connectivity index (χ2v) is 6.61. The number of benzene rings is 2. The second-order valence-electron chi connectivity index (χ2n) is 6.17. The van der Waals surface area contributed by atoms with Crippen molar-refractivity contribution in [2.24, 2.45) is 5.92 Å². The minimum atomic E-state index is -0.507. The van der Waals surface area contributed by atoms with Crippen molar-refractivity contribution < 1.29 is 9.18 Å². The highest BCUT2D eigenvalue weighted by atomic mass is 35.5. The number of piperidine rings is 1. The number of carbonyl (C=O) groups is 1. The third-order valence-corrected chi connectivity index (χ3v) is 4.55. The smallest absolute Gasteiger partial charge is 0.228 e. The molecule has 0 radical (unpaired) electrons. The quantitative estimate of drug-likeness (QED) is 0.893. The van der Waals surface area contributed by atoms with Crippen molar-refractivity contribution in [3.63, 3.8) is 0 Å². The lowest BCUT2D eigenvalue weighted by atomic mass is 9.96. The van der Waals surface area contributed by atoms with Gasteiger partial charge >= 0.3 is 0 Å². The van der Waals surface area contributed by atoms with Crippen LogP contribution in [0.4, 0.5) is 10.1 Å². The van der Waals surface area contributed by atoms with Crippen molar-refractivity contribution in [2.45, 2.75) is 19.4 Å². The van der Waals surface area contributed by atoms with E-state index >= 15 is 0 Å². The van der Waals surface area contributed by atoms with Gasteiger partial charge in [-0.3, -0.25) is 9.69 Å². The van der Waals surface area contributed by atoms with Crippen LogP contribution in [0.3, 0.4) is 0 Å². The third kappa shape index (κ3) is 4.34. The SMILES string of the molecule is O=C(Nc1ccc(Cl)cc1F)C1CCCN(Cc2ccccc2)C1. The highest BCUT2D eigenvalue weighted by Crippen LogP contribution is 2.23. The van der Waals surface area contributed by atoms with Crippen LogP contribution >= 0.6 is 11.6 Å². The molecule has 1 fully saturated rings. The molecule has 0 aliphatic carbocycles. The molecule has 126 valence electrons. The number of anilines is 1. The van der Waals surface area contributed by atoms with Crippen LogP contribution in [-0.4, -0.2) is 23.9 Å². The molecule has 0 bridgehead atoms. The van der Waals surface area contributed by atoms with E-state index in [4.69, 9.17) is 11.6 Å². The monoisotopic (exact) mass is 346 g/mol. The normalized spacial score (nSPS) is 18.3. The van der Waals surface area contributed by atoms with E-state index in [9.17, 15) is 9.18 Å². The zero-order chi connectivity index (χ0) is 16.9. The van der Waals surface area contributed by atoms with E-state index in [1.807, 2.05) is 18.2 Å². The van der Waals surface area contributed by atoms with Crippen molar-refractivity contribution in [2.75, 3.05) is 18.4 Å². The molecular formula is C19H20ClFN2O. The van der Waals surface area contributed by atoms with Crippen molar-refractivity contribution in [1.29, 1.82) is 0 Å². The Morgan fingerprint density at radius 1 is 1.25 bits per heavy atom. The average Bonchev–Trinajstić information content (AvgIpc) is 2.58. The molecule has 2 aromatic rings. The Balaban J connectivity index is 1.60. The molecule has 0 aromatic heterocycles. The Morgan fingerprint density at radius 2 is 2.04 bits per heavy atom. The molecule has 0 saturated carbocycles. The number of amides is 1. The first-order valence-electron chi connectivity index (χ1n) is 8.14. The summed E-state index contributed by atoms with van der Waals surface area (Å²) in [6, 6.07) is 14.5. The van der Waals surface area contributed by atoms with Crippen molar-refractivity contribution >= 4 is 23.2 Å². The molecule has 1 N–H and O–H groups in total. The van der Waals surface area contributed by atoms with Crippen LogP contribution in [0.25, 0.3) is 0 Å². The van der Waals surface area contributed by atoms with Crippen LogP contribution in [0, 0.1) is 11.7 Å². The summed E-state index contributed by atoms with van der Waals surface area (Å²) >= 11 is 5.74. The first-order valence-corrected chi connectivity index (χ1v) is 8.52. The molecule has 1 heterocycles. The fourth-order valence-electron chi connectivity index (χ4n) is 3.08. The summed E-state index contributed by atoms with van der Waals surface area (Å²) in [5.41, 5.74) is 1.42. The number of likely N-dealkylation sites (tertiary alicyclic amines) is 1. The van der Waals surface area contributed by atoms with Crippen LogP contribution in [0.5, 0.6) is 0 Å². The lowest BCUT2D eigenvalue weighted by molar-refractivity contribution is -0.121. The maximum absolute atomic E-state index is 13.8. The van der Waals surface area contributed by atoms with E-state index in [2.05, 4.69) is 22.3 Å². The fourth-order valence-corrected chi connectivity index (χ4v) is 3.24. The Labute approximate surface area is 146 Å². The summed E-state index contributed by atoms with van der Waals surface area (Å²) < 4.78 is 13.8. The molecule has 0 spiro atoms. The van der Waals surface area contributed by atoms with Gasteiger partial charge in [0, 0.05) is 18.1 Å². The second kappa shape index (κ2) is 7.77. The van der Waals surface area contributed by atoms with Crippen LogP contribution in [0.15, 0.2) is 48.5 Å². The highest BCUT2D eigenvalue weighted by molar-refractivity contribution is 6.30. The van der Waals surface area contributed by atoms with Crippen LogP contribution < -0.4 is 5.32 Å². The van der Waals surface area contributed by atoms with E-state index in [1.54, 1.807) is 6.07 Å². The molecule has 1 aliphatic heterocycles. The van der Waals surface area contributed by atoms with Gasteiger partial charge in [-0.15, -0.1) is 0 Å². The van der Waals surface area contributed by atoms with Crippen molar-refractivity contribution in [3.05, 3.63) is 64.9 Å². The van der Waals surface area contributed by atoms with E-state index in [0.717, 1.165) is 25.9 Å². The number of halogens is 2. The molecule has 5 heteroatoms. The Morgan fingerprint density at radius 3 is 2.79 bits per heavy atom. The van der Waals surface area contributed by atoms with Gasteiger partial charge in [0.15, 0.2) is 0 Å². The molecule has 3 nitrogen and oxygen atoms in total. The van der Waals surface area contributed by atoms with Gasteiger partial charge in [-0.2, -0.15) is 0 Å². The third-order valence-electron chi connectivity index (χ3n) is 4.31. The summed E-state index contributed by atoms with van der Waals surface area (Å²) in [6.45, 7) is 2.50. The van der Waals surface area contributed by atoms with Gasteiger partial charge in [0.05, 0.1) is 11.6 Å². The number of hydrogen-bond acceptors (Lipinski definition) is 2. The van der Waals surface area contributed by atoms with Gasteiger partial charge in [-0.05, 0) is 43.1 Å². The van der Waals surface area contributed by atoms with E-state index in [0.29, 0.717) is 11.6 Å². The molecule has 1 unspecified atom stereocenters. The van der Waals surface area contributed by atoms with E-state index in [-0.39, 0.29) is 17.5 Å². The molecule has 1 amide bonds. The maximum Gasteiger partial charge on any atom is 0.228 e. The van der Waals surface area contributed by atoms with Gasteiger partial charge in [0.2, 0.25) is 5.91 Å². The summed E-state index contributed by atoms with van der Waals surface area (Å²) in [5, 5.41) is 3.01. The predicted molar refractivity (Wildman–Crippen MR) is 94.5 cm³/mol. The van der Waals surface area contributed by atoms with E-state index < -0.39 is 5.82 Å². The van der Waals surface area contributed by atoms with Gasteiger partial charge in [-0.25, -0.2) is 4.39 Å². The van der Waals surface area contributed by atoms with Crippen molar-refractivity contribution in [3.8, 4) is 0 Å². The maximum atomic E-state index is 13.8. The molecule has 1 atom stereocenters. The molecule has 24 heavy (non-hydrogen) atoms. The number of hydrogen-bond donors (Lipinski definition) is 1. The molecule has 1 saturated heterocycles. The van der Waals surface area contributed by atoms with Crippen LogP contribution in [0.1, 0.15) is 18.4 Å². The fraction of sp³-hybridized carbons (Fsp3) is 0.316. The summed E-state index contributed by atoms with van der Waals surface area (Å²) in [7, 11) is 0. The number of carbonyl (C=O) groups excluding carboxylic acids is 1. The minimum Gasteiger partial charge on any atom is -0.323 e. The first kappa shape index (κ1) is 16.9. The molecular weight excluding hydrogens is 327 g/mol. The Hall–Kier alpha value is -1.91. The number of rotatable bonds is 4. The molecule has 2 aromatic carbocycles. The van der Waals surface area contributed by atoms with E-state index in [1.165, 1.54) is 17.7 Å². The number of nitrogens with zero attached hydrogens (tertiary/aromatic N) is 1. The Kier molecular flexibility index (Phi) is 5.48. The van der Waals surface area contributed by atoms with Gasteiger partial charge < -0.3 is 5.32 Å². The first-order chi connectivity index (χ1) is 11.6.